The number of nitrogens with one attached hydrogen (secondary N) is 4. The molecule has 6 aromatic rings. The molecule has 0 bridgehead atoms. The number of aromatic nitrogens is 8. The molecular formula is C40H42BBrCl4N10O4. The van der Waals surface area contributed by atoms with Gasteiger partial charge in [-0.25, -0.2) is 19.9 Å². The van der Waals surface area contributed by atoms with Crippen molar-refractivity contribution in [3.63, 3.8) is 0 Å². The molecule has 9 rings (SSSR count). The summed E-state index contributed by atoms with van der Waals surface area (Å²) in [5.41, 5.74) is 6.13. The lowest BCUT2D eigenvalue weighted by molar-refractivity contribution is 0.00578. The molecule has 0 aliphatic carbocycles. The summed E-state index contributed by atoms with van der Waals surface area (Å²) in [5.74, 6) is 0.749. The molecule has 0 amide bonds. The zero-order valence-corrected chi connectivity index (χ0v) is 37.8. The number of imidazole rings is 2. The van der Waals surface area contributed by atoms with Gasteiger partial charge in [0.2, 0.25) is 0 Å². The predicted molar refractivity (Wildman–Crippen MR) is 237 cm³/mol. The van der Waals surface area contributed by atoms with E-state index < -0.39 is 0 Å². The molecule has 7 heterocycles. The van der Waals surface area contributed by atoms with Crippen LogP contribution in [0.15, 0.2) is 71.4 Å². The normalized spacial score (nSPS) is 17.1. The maximum absolute atomic E-state index is 8.06. The van der Waals surface area contributed by atoms with Crippen LogP contribution >= 0.6 is 62.3 Å². The fraction of sp³-hybridized carbons (Fsp3) is 0.350. The topological polar surface area (TPSA) is 178 Å². The van der Waals surface area contributed by atoms with Gasteiger partial charge >= 0.3 is 7.12 Å². The van der Waals surface area contributed by atoms with Crippen LogP contribution in [-0.2, 0) is 31.9 Å². The molecule has 0 spiro atoms. The van der Waals surface area contributed by atoms with Crippen molar-refractivity contribution in [1.82, 2.24) is 39.0 Å². The quantitative estimate of drug-likeness (QED) is 0.0946. The van der Waals surface area contributed by atoms with Crippen LogP contribution in [0.1, 0.15) is 57.5 Å². The molecule has 3 aliphatic rings. The van der Waals surface area contributed by atoms with Crippen LogP contribution in [0.5, 0.6) is 0 Å². The highest BCUT2D eigenvalue weighted by Gasteiger charge is 2.52. The van der Waals surface area contributed by atoms with Crippen molar-refractivity contribution in [1.29, 1.82) is 10.8 Å². The smallest absolute Gasteiger partial charge is 0.400 e. The van der Waals surface area contributed by atoms with E-state index in [1.165, 1.54) is 5.47 Å². The molecule has 0 atom stereocenters. The number of hydrogen-bond acceptors (Lipinski definition) is 10. The Kier molecular flexibility index (Phi) is 13.7. The summed E-state index contributed by atoms with van der Waals surface area (Å²) in [7, 11) is -0.182. The first kappa shape index (κ1) is 44.2. The minimum atomic E-state index is -0.239. The van der Waals surface area contributed by atoms with Gasteiger partial charge < -0.3 is 37.9 Å². The van der Waals surface area contributed by atoms with E-state index in [1.54, 1.807) is 47.6 Å². The molecule has 14 nitrogen and oxygen atoms in total. The molecule has 4 N–H and O–H groups in total. The van der Waals surface area contributed by atoms with Crippen molar-refractivity contribution < 1.29 is 18.8 Å². The highest BCUT2D eigenvalue weighted by molar-refractivity contribution is 9.10. The summed E-state index contributed by atoms with van der Waals surface area (Å²) >= 11 is 28.2. The Balaban J connectivity index is 0.000000141. The van der Waals surface area contributed by atoms with Crippen LogP contribution in [0.2, 0.25) is 20.1 Å². The maximum Gasteiger partial charge on any atom is 0.490 e. The molecular weight excluding hydrogens is 917 g/mol. The van der Waals surface area contributed by atoms with Crippen molar-refractivity contribution in [3.05, 3.63) is 119 Å². The van der Waals surface area contributed by atoms with Gasteiger partial charge in [-0.2, -0.15) is 0 Å². The SMILES string of the molecule is CC1(C)OB(C2=CCOCC2)OC1(C)C.N=c1ncn(Cc2c(Cl)cccc2Cl)c2nc(Br)[nH]c12.N=c1ncn(Cc2c(Cl)cccc2Cl)c2nc(C3=CCOCC3)[nH]c12. The van der Waals surface area contributed by atoms with Crippen LogP contribution in [0, 0.1) is 10.8 Å². The second-order valence-electron chi connectivity index (χ2n) is 15.1. The Morgan fingerprint density at radius 2 is 1.20 bits per heavy atom. The molecule has 0 saturated carbocycles. The molecule has 314 valence electrons. The number of ether oxygens (including phenoxy) is 2. The molecule has 2 aromatic carbocycles. The van der Waals surface area contributed by atoms with E-state index in [1.807, 2.05) is 16.7 Å². The monoisotopic (exact) mass is 956 g/mol. The van der Waals surface area contributed by atoms with Gasteiger partial charge in [0.15, 0.2) is 27.0 Å². The average Bonchev–Trinajstić information content (AvgIpc) is 3.91. The van der Waals surface area contributed by atoms with Gasteiger partial charge in [-0.1, -0.05) is 70.7 Å². The number of fused-ring (bicyclic) bond motifs is 2. The van der Waals surface area contributed by atoms with Crippen molar-refractivity contribution in [2.45, 2.75) is 64.8 Å². The first-order valence-corrected chi connectivity index (χ1v) is 21.3. The number of benzene rings is 2. The van der Waals surface area contributed by atoms with Gasteiger partial charge in [0.25, 0.3) is 0 Å². The van der Waals surface area contributed by atoms with Crippen molar-refractivity contribution >= 4 is 97.4 Å². The molecule has 0 unspecified atom stereocenters. The van der Waals surface area contributed by atoms with E-state index >= 15 is 0 Å². The average molecular weight is 959 g/mol. The van der Waals surface area contributed by atoms with Gasteiger partial charge in [0.05, 0.1) is 63.4 Å². The lowest BCUT2D eigenvalue weighted by atomic mass is 9.75. The van der Waals surface area contributed by atoms with Crippen molar-refractivity contribution in [2.75, 3.05) is 26.4 Å². The van der Waals surface area contributed by atoms with Gasteiger partial charge in [-0.3, -0.25) is 10.8 Å². The third kappa shape index (κ3) is 9.77. The Hall–Kier alpha value is -3.84. The molecule has 60 heavy (non-hydrogen) atoms. The Morgan fingerprint density at radius 1 is 0.717 bits per heavy atom. The van der Waals surface area contributed by atoms with Crippen LogP contribution in [0.4, 0.5) is 0 Å². The molecule has 20 heteroatoms. The molecule has 1 saturated heterocycles. The number of aromatic amines is 2. The third-order valence-electron chi connectivity index (χ3n) is 10.6. The van der Waals surface area contributed by atoms with Gasteiger partial charge in [-0.05, 0) is 91.8 Å². The lowest BCUT2D eigenvalue weighted by Crippen LogP contribution is -2.41. The largest absolute Gasteiger partial charge is 0.490 e. The second kappa shape index (κ2) is 18.6. The van der Waals surface area contributed by atoms with Crippen molar-refractivity contribution in [3.8, 4) is 0 Å². The summed E-state index contributed by atoms with van der Waals surface area (Å²) in [6.07, 6.45) is 8.93. The van der Waals surface area contributed by atoms with Gasteiger partial charge in [0.1, 0.15) is 16.9 Å². The summed E-state index contributed by atoms with van der Waals surface area (Å²) < 4.78 is 26.7. The van der Waals surface area contributed by atoms with Crippen LogP contribution < -0.4 is 11.0 Å². The van der Waals surface area contributed by atoms with Crippen molar-refractivity contribution in [2.24, 2.45) is 0 Å². The first-order valence-electron chi connectivity index (χ1n) is 19.0. The third-order valence-corrected chi connectivity index (χ3v) is 12.4. The summed E-state index contributed by atoms with van der Waals surface area (Å²) in [6, 6.07) is 10.8. The van der Waals surface area contributed by atoms with Crippen LogP contribution in [0.25, 0.3) is 27.9 Å². The first-order chi connectivity index (χ1) is 28.6. The zero-order valence-electron chi connectivity index (χ0n) is 33.2. The number of H-pyrrole nitrogens is 2. The molecule has 1 fully saturated rings. The van der Waals surface area contributed by atoms with Crippen LogP contribution in [0.3, 0.4) is 0 Å². The maximum atomic E-state index is 8.06. The minimum absolute atomic E-state index is 0.139. The number of nitrogens with zero attached hydrogens (tertiary/aromatic N) is 6. The Bertz CT molecular complexity index is 2670. The van der Waals surface area contributed by atoms with E-state index in [4.69, 9.17) is 81.0 Å². The number of halogens is 5. The van der Waals surface area contributed by atoms with E-state index in [9.17, 15) is 0 Å². The van der Waals surface area contributed by atoms with Gasteiger partial charge in [0, 0.05) is 31.2 Å². The minimum Gasteiger partial charge on any atom is -0.400 e. The van der Waals surface area contributed by atoms with Gasteiger partial charge in [-0.15, -0.1) is 0 Å². The standard InChI is InChI=1S/C17H15Cl2N5O.C12H8BrCl2N5.C11H19BO3/c18-12-2-1-3-13(19)11(12)8-24-9-21-15(20)14-17(24)23-16(22-14)10-4-6-25-7-5-10;13-12-18-9-10(16)17-5-20(11(9)19-12)4-6-7(14)2-1-3-8(6)15;1-10(2)11(3,4)15-12(14-10)9-5-7-13-8-6-9/h1-4,9,20H,5-8H2,(H,22,23);1-3,5,16H,4H2,(H,18,19);5H,6-8H2,1-4H3. The molecule has 0 radical (unpaired) electrons. The summed E-state index contributed by atoms with van der Waals surface area (Å²) in [5, 5.41) is 18.2. The fourth-order valence-electron chi connectivity index (χ4n) is 6.52. The number of hydrogen-bond donors (Lipinski definition) is 4. The highest BCUT2D eigenvalue weighted by Crippen LogP contribution is 2.39. The van der Waals surface area contributed by atoms with E-state index in [0.29, 0.717) is 80.1 Å². The second-order valence-corrected chi connectivity index (χ2v) is 17.5. The number of rotatable bonds is 6. The molecule has 3 aliphatic heterocycles. The van der Waals surface area contributed by atoms with E-state index in [-0.39, 0.29) is 29.3 Å². The van der Waals surface area contributed by atoms with E-state index in [2.05, 4.69) is 74.6 Å². The molecule has 4 aromatic heterocycles. The Morgan fingerprint density at radius 3 is 1.68 bits per heavy atom. The zero-order chi connectivity index (χ0) is 42.8. The Labute approximate surface area is 374 Å². The van der Waals surface area contributed by atoms with Crippen LogP contribution in [-0.4, -0.2) is 83.8 Å². The fourth-order valence-corrected chi connectivity index (χ4v) is 7.92. The predicted octanol–water partition coefficient (Wildman–Crippen LogP) is 8.72. The van der Waals surface area contributed by atoms with E-state index in [0.717, 1.165) is 42.0 Å². The summed E-state index contributed by atoms with van der Waals surface area (Å²) in [6.45, 7) is 11.9. The summed E-state index contributed by atoms with van der Waals surface area (Å²) in [4.78, 5) is 23.3. The highest BCUT2D eigenvalue weighted by atomic mass is 79.9. The lowest BCUT2D eigenvalue weighted by Gasteiger charge is -2.32.